The van der Waals surface area contributed by atoms with E-state index >= 15 is 0 Å². The van der Waals surface area contributed by atoms with Crippen molar-refractivity contribution in [3.8, 4) is 0 Å². The quantitative estimate of drug-likeness (QED) is 0.530. The van der Waals surface area contributed by atoms with Gasteiger partial charge in [-0.1, -0.05) is 13.8 Å². The molecule has 6 nitrogen and oxygen atoms in total. The van der Waals surface area contributed by atoms with E-state index in [1.807, 2.05) is 6.92 Å². The van der Waals surface area contributed by atoms with Gasteiger partial charge in [-0.05, 0) is 19.8 Å². The van der Waals surface area contributed by atoms with Gasteiger partial charge < -0.3 is 22.2 Å². The highest BCUT2D eigenvalue weighted by molar-refractivity contribution is 6.12. The number of nitrogens with one attached hydrogen (secondary N) is 2. The number of aliphatic imine (C=N–C) groups is 2. The summed E-state index contributed by atoms with van der Waals surface area (Å²) in [4.78, 5) is 8.59. The van der Waals surface area contributed by atoms with Crippen LogP contribution in [0.2, 0.25) is 0 Å². The van der Waals surface area contributed by atoms with Crippen molar-refractivity contribution in [1.82, 2.24) is 5.32 Å². The van der Waals surface area contributed by atoms with Crippen molar-refractivity contribution in [2.75, 3.05) is 0 Å². The molecule has 6 heteroatoms. The van der Waals surface area contributed by atoms with Gasteiger partial charge in [0.15, 0.2) is 5.96 Å². The largest absolute Gasteiger partial charge is 0.370 e. The van der Waals surface area contributed by atoms with Crippen LogP contribution in [0.15, 0.2) is 9.98 Å². The van der Waals surface area contributed by atoms with Crippen LogP contribution in [0.1, 0.15) is 27.7 Å². The fourth-order valence-corrected chi connectivity index (χ4v) is 1.58. The maximum absolute atomic E-state index is 7.76. The van der Waals surface area contributed by atoms with Crippen molar-refractivity contribution in [3.05, 3.63) is 0 Å². The van der Waals surface area contributed by atoms with Crippen molar-refractivity contribution in [2.45, 2.75) is 39.9 Å². The molecule has 1 heterocycles. The lowest BCUT2D eigenvalue weighted by atomic mass is 9.97. The molecule has 0 spiro atoms. The molecule has 96 valence electrons. The number of amidine groups is 1. The molecule has 17 heavy (non-hydrogen) atoms. The summed E-state index contributed by atoms with van der Waals surface area (Å²) in [5.41, 5.74) is 12.0. The first-order chi connectivity index (χ1) is 7.82. The van der Waals surface area contributed by atoms with Gasteiger partial charge >= 0.3 is 0 Å². The molecular formula is C11H22N6. The Hall–Kier alpha value is -1.43. The van der Waals surface area contributed by atoms with Crippen molar-refractivity contribution in [1.29, 1.82) is 5.41 Å². The fourth-order valence-electron chi connectivity index (χ4n) is 1.58. The van der Waals surface area contributed by atoms with E-state index < -0.39 is 6.17 Å². The molecule has 0 amide bonds. The van der Waals surface area contributed by atoms with Crippen LogP contribution in [0.5, 0.6) is 0 Å². The zero-order valence-electron chi connectivity index (χ0n) is 10.9. The minimum Gasteiger partial charge on any atom is -0.370 e. The van der Waals surface area contributed by atoms with Gasteiger partial charge in [0, 0.05) is 5.71 Å². The lowest BCUT2D eigenvalue weighted by molar-refractivity contribution is 0.522. The van der Waals surface area contributed by atoms with E-state index in [-0.39, 0.29) is 17.9 Å². The van der Waals surface area contributed by atoms with E-state index in [2.05, 4.69) is 29.1 Å². The first kappa shape index (κ1) is 13.6. The van der Waals surface area contributed by atoms with Crippen LogP contribution in [0.3, 0.4) is 0 Å². The summed E-state index contributed by atoms with van der Waals surface area (Å²) in [7, 11) is 0. The van der Waals surface area contributed by atoms with Gasteiger partial charge in [0.25, 0.3) is 0 Å². The SMILES string of the molecule is CC(=N)C1C(=NC(C)C(C)C)NC(N)=NC1N. The first-order valence-electron chi connectivity index (χ1n) is 5.81. The summed E-state index contributed by atoms with van der Waals surface area (Å²) >= 11 is 0. The monoisotopic (exact) mass is 238 g/mol. The smallest absolute Gasteiger partial charge is 0.195 e. The third-order valence-electron chi connectivity index (χ3n) is 2.95. The Labute approximate surface area is 102 Å². The van der Waals surface area contributed by atoms with Gasteiger partial charge in [0.05, 0.1) is 12.0 Å². The maximum Gasteiger partial charge on any atom is 0.195 e. The standard InChI is InChI=1S/C11H22N6/c1-5(2)7(4)15-10-8(6(3)12)9(13)16-11(14)17-10/h5,7-9,12H,13H2,1-4H3,(H3,14,15,16,17). The molecule has 1 aliphatic heterocycles. The fraction of sp³-hybridized carbons (Fsp3) is 0.727. The van der Waals surface area contributed by atoms with E-state index in [9.17, 15) is 0 Å². The molecule has 0 saturated carbocycles. The molecule has 0 bridgehead atoms. The van der Waals surface area contributed by atoms with Crippen molar-refractivity contribution in [3.63, 3.8) is 0 Å². The summed E-state index contributed by atoms with van der Waals surface area (Å²) in [6, 6.07) is 0.150. The molecule has 6 N–H and O–H groups in total. The molecule has 0 aromatic rings. The van der Waals surface area contributed by atoms with Crippen LogP contribution in [0, 0.1) is 17.2 Å². The summed E-state index contributed by atoms with van der Waals surface area (Å²) < 4.78 is 0. The van der Waals surface area contributed by atoms with Crippen LogP contribution in [-0.2, 0) is 0 Å². The Morgan fingerprint density at radius 1 is 1.47 bits per heavy atom. The van der Waals surface area contributed by atoms with Gasteiger partial charge in [-0.3, -0.25) is 4.99 Å². The average molecular weight is 238 g/mol. The number of hydrogen-bond donors (Lipinski definition) is 4. The zero-order chi connectivity index (χ0) is 13.2. The summed E-state index contributed by atoms with van der Waals surface area (Å²) in [5.74, 6) is 1.04. The molecule has 0 fully saturated rings. The second-order valence-corrected chi connectivity index (χ2v) is 4.79. The van der Waals surface area contributed by atoms with Gasteiger partial charge in [0.2, 0.25) is 0 Å². The van der Waals surface area contributed by atoms with Crippen LogP contribution < -0.4 is 16.8 Å². The van der Waals surface area contributed by atoms with Crippen LogP contribution in [0.25, 0.3) is 0 Å². The molecule has 1 aliphatic rings. The summed E-state index contributed by atoms with van der Waals surface area (Å²) in [6.07, 6.45) is -0.521. The van der Waals surface area contributed by atoms with Gasteiger partial charge in [0.1, 0.15) is 12.0 Å². The lowest BCUT2D eigenvalue weighted by Gasteiger charge is -2.29. The van der Waals surface area contributed by atoms with E-state index in [0.29, 0.717) is 17.5 Å². The van der Waals surface area contributed by atoms with Gasteiger partial charge in [-0.25, -0.2) is 4.99 Å². The van der Waals surface area contributed by atoms with Crippen LogP contribution in [-0.4, -0.2) is 29.7 Å². The summed E-state index contributed by atoms with van der Waals surface area (Å²) in [6.45, 7) is 7.93. The molecular weight excluding hydrogens is 216 g/mol. The second kappa shape index (κ2) is 5.27. The van der Waals surface area contributed by atoms with E-state index in [1.54, 1.807) is 6.92 Å². The highest BCUT2D eigenvalue weighted by atomic mass is 15.2. The Kier molecular flexibility index (Phi) is 4.22. The number of hydrogen-bond acceptors (Lipinski definition) is 5. The van der Waals surface area contributed by atoms with Gasteiger partial charge in [-0.15, -0.1) is 0 Å². The molecule has 0 radical (unpaired) electrons. The summed E-state index contributed by atoms with van der Waals surface area (Å²) in [5, 5.41) is 10.7. The Balaban J connectivity index is 3.03. The van der Waals surface area contributed by atoms with E-state index in [4.69, 9.17) is 16.9 Å². The molecule has 3 unspecified atom stereocenters. The van der Waals surface area contributed by atoms with Crippen molar-refractivity contribution >= 4 is 17.5 Å². The minimum absolute atomic E-state index is 0.150. The van der Waals surface area contributed by atoms with E-state index in [1.165, 1.54) is 0 Å². The number of nitrogens with zero attached hydrogens (tertiary/aromatic N) is 2. The highest BCUT2D eigenvalue weighted by Crippen LogP contribution is 2.14. The van der Waals surface area contributed by atoms with Crippen molar-refractivity contribution in [2.24, 2.45) is 33.3 Å². The molecule has 0 saturated heterocycles. The maximum atomic E-state index is 7.76. The van der Waals surface area contributed by atoms with Crippen LogP contribution in [0.4, 0.5) is 0 Å². The first-order valence-corrected chi connectivity index (χ1v) is 5.81. The average Bonchev–Trinajstić information content (AvgIpc) is 2.14. The molecule has 1 rings (SSSR count). The number of guanidine groups is 1. The third-order valence-corrected chi connectivity index (χ3v) is 2.95. The normalized spacial score (nSPS) is 28.8. The van der Waals surface area contributed by atoms with Crippen molar-refractivity contribution < 1.29 is 0 Å². The predicted octanol–water partition coefficient (Wildman–Crippen LogP) is 0.288. The second-order valence-electron chi connectivity index (χ2n) is 4.79. The van der Waals surface area contributed by atoms with Gasteiger partial charge in [-0.2, -0.15) is 0 Å². The van der Waals surface area contributed by atoms with E-state index in [0.717, 1.165) is 0 Å². The zero-order valence-corrected chi connectivity index (χ0v) is 10.9. The third kappa shape index (κ3) is 3.26. The topological polar surface area (TPSA) is 113 Å². The highest BCUT2D eigenvalue weighted by Gasteiger charge is 2.30. The molecule has 0 aromatic carbocycles. The minimum atomic E-state index is -0.521. The molecule has 0 aliphatic carbocycles. The lowest BCUT2D eigenvalue weighted by Crippen LogP contribution is -2.54. The molecule has 3 atom stereocenters. The Morgan fingerprint density at radius 3 is 2.53 bits per heavy atom. The Bertz CT molecular complexity index is 357. The number of nitrogens with two attached hydrogens (primary N) is 2. The predicted molar refractivity (Wildman–Crippen MR) is 71.4 cm³/mol. The Morgan fingerprint density at radius 2 is 2.06 bits per heavy atom. The van der Waals surface area contributed by atoms with Crippen LogP contribution >= 0.6 is 0 Å². The molecule has 0 aromatic heterocycles. The number of rotatable bonds is 3.